The highest BCUT2D eigenvalue weighted by atomic mass is 32.1. The Kier molecular flexibility index (Phi) is 4.95. The number of nitrogens with zero attached hydrogens (tertiary/aromatic N) is 4. The molecule has 1 N–H and O–H groups in total. The molecular formula is C23H27N5OS. The number of nitrogens with one attached hydrogen (secondary N) is 1. The average molecular weight is 422 g/mol. The van der Waals surface area contributed by atoms with Crippen LogP contribution in [0.4, 0.5) is 5.82 Å². The summed E-state index contributed by atoms with van der Waals surface area (Å²) in [6.45, 7) is 4.09. The molecule has 1 aliphatic rings. The van der Waals surface area contributed by atoms with Crippen LogP contribution in [0.1, 0.15) is 30.2 Å². The first-order chi connectivity index (χ1) is 14.5. The van der Waals surface area contributed by atoms with E-state index in [1.54, 1.807) is 11.3 Å². The van der Waals surface area contributed by atoms with Crippen molar-refractivity contribution >= 4 is 43.8 Å². The zero-order valence-electron chi connectivity index (χ0n) is 17.7. The van der Waals surface area contributed by atoms with Crippen molar-refractivity contribution in [1.29, 1.82) is 0 Å². The van der Waals surface area contributed by atoms with Crippen molar-refractivity contribution < 1.29 is 0 Å². The lowest BCUT2D eigenvalue weighted by molar-refractivity contribution is 0.405. The number of fused-ring (bicyclic) bond motifs is 6. The summed E-state index contributed by atoms with van der Waals surface area (Å²) in [5.41, 5.74) is 1.81. The fourth-order valence-corrected chi connectivity index (χ4v) is 5.79. The van der Waals surface area contributed by atoms with Crippen molar-refractivity contribution in [3.63, 3.8) is 0 Å². The van der Waals surface area contributed by atoms with Crippen LogP contribution < -0.4 is 10.9 Å². The Balaban J connectivity index is 1.69. The monoisotopic (exact) mass is 421 g/mol. The molecule has 1 aromatic carbocycles. The number of rotatable bonds is 5. The van der Waals surface area contributed by atoms with Crippen LogP contribution in [0.15, 0.2) is 29.1 Å². The summed E-state index contributed by atoms with van der Waals surface area (Å²) >= 11 is 1.69. The number of thiophene rings is 1. The molecule has 1 atom stereocenters. The third-order valence-corrected chi connectivity index (χ3v) is 7.15. The molecule has 0 fully saturated rings. The molecule has 30 heavy (non-hydrogen) atoms. The number of anilines is 1. The first kappa shape index (κ1) is 19.5. The zero-order chi connectivity index (χ0) is 20.8. The lowest BCUT2D eigenvalue weighted by Crippen LogP contribution is -2.21. The van der Waals surface area contributed by atoms with Gasteiger partial charge in [0, 0.05) is 22.2 Å². The van der Waals surface area contributed by atoms with Crippen LogP contribution in [0, 0.1) is 5.92 Å². The molecule has 0 bridgehead atoms. The van der Waals surface area contributed by atoms with Gasteiger partial charge in [0.15, 0.2) is 11.5 Å². The highest BCUT2D eigenvalue weighted by Gasteiger charge is 2.24. The molecule has 0 saturated carbocycles. The molecule has 7 heteroatoms. The SMILES string of the molecule is C[C@H]1CCc2c(sc3nc4c5ccccc5c(NCCCN(C)C)nn4c(=O)c23)C1. The summed E-state index contributed by atoms with van der Waals surface area (Å²) in [6, 6.07) is 8.09. The summed E-state index contributed by atoms with van der Waals surface area (Å²) in [5, 5.41) is 10.9. The first-order valence-electron chi connectivity index (χ1n) is 10.7. The molecule has 0 spiro atoms. The molecule has 3 heterocycles. The van der Waals surface area contributed by atoms with E-state index in [1.807, 2.05) is 24.3 Å². The second kappa shape index (κ2) is 7.63. The molecule has 156 valence electrons. The largest absolute Gasteiger partial charge is 0.368 e. The number of hydrogen-bond donors (Lipinski definition) is 1. The van der Waals surface area contributed by atoms with Crippen LogP contribution in [0.5, 0.6) is 0 Å². The van der Waals surface area contributed by atoms with Crippen molar-refractivity contribution in [3.8, 4) is 0 Å². The molecule has 0 aliphatic heterocycles. The Morgan fingerprint density at radius 2 is 2.07 bits per heavy atom. The summed E-state index contributed by atoms with van der Waals surface area (Å²) in [7, 11) is 4.14. The van der Waals surface area contributed by atoms with Crippen LogP contribution in [-0.4, -0.2) is 46.7 Å². The van der Waals surface area contributed by atoms with E-state index < -0.39 is 0 Å². The Labute approximate surface area is 179 Å². The number of hydrogen-bond acceptors (Lipinski definition) is 6. The molecule has 0 saturated heterocycles. The van der Waals surface area contributed by atoms with Gasteiger partial charge in [0.25, 0.3) is 5.56 Å². The molecule has 1 aliphatic carbocycles. The van der Waals surface area contributed by atoms with Crippen molar-refractivity contribution in [3.05, 3.63) is 45.1 Å². The van der Waals surface area contributed by atoms with Crippen molar-refractivity contribution in [1.82, 2.24) is 19.5 Å². The summed E-state index contributed by atoms with van der Waals surface area (Å²) in [6.07, 6.45) is 4.14. The minimum Gasteiger partial charge on any atom is -0.368 e. The van der Waals surface area contributed by atoms with E-state index in [2.05, 4.69) is 31.2 Å². The second-order valence-electron chi connectivity index (χ2n) is 8.66. The molecular weight excluding hydrogens is 394 g/mol. The highest BCUT2D eigenvalue weighted by molar-refractivity contribution is 7.18. The molecule has 6 nitrogen and oxygen atoms in total. The van der Waals surface area contributed by atoms with E-state index in [1.165, 1.54) is 15.0 Å². The van der Waals surface area contributed by atoms with Crippen molar-refractivity contribution in [2.24, 2.45) is 5.92 Å². The van der Waals surface area contributed by atoms with E-state index in [0.717, 1.165) is 65.6 Å². The Morgan fingerprint density at radius 1 is 1.27 bits per heavy atom. The van der Waals surface area contributed by atoms with Gasteiger partial charge in [-0.25, -0.2) is 4.98 Å². The fourth-order valence-electron chi connectivity index (χ4n) is 4.42. The molecule has 0 amide bonds. The Morgan fingerprint density at radius 3 is 2.87 bits per heavy atom. The quantitative estimate of drug-likeness (QED) is 0.391. The average Bonchev–Trinajstić information content (AvgIpc) is 3.09. The minimum atomic E-state index is -0.0378. The van der Waals surface area contributed by atoms with Gasteiger partial charge >= 0.3 is 0 Å². The van der Waals surface area contributed by atoms with E-state index in [-0.39, 0.29) is 5.56 Å². The van der Waals surface area contributed by atoms with Crippen LogP contribution in [-0.2, 0) is 12.8 Å². The molecule has 5 rings (SSSR count). The fraction of sp³-hybridized carbons (Fsp3) is 0.435. The number of aryl methyl sites for hydroxylation is 1. The van der Waals surface area contributed by atoms with Crippen LogP contribution in [0.2, 0.25) is 0 Å². The van der Waals surface area contributed by atoms with Crippen molar-refractivity contribution in [2.75, 3.05) is 32.5 Å². The number of benzene rings is 1. The van der Waals surface area contributed by atoms with Gasteiger partial charge in [-0.2, -0.15) is 4.52 Å². The maximum Gasteiger partial charge on any atom is 0.283 e. The minimum absolute atomic E-state index is 0.0378. The predicted octanol–water partition coefficient (Wildman–Crippen LogP) is 3.95. The lowest BCUT2D eigenvalue weighted by Gasteiger charge is -2.17. The zero-order valence-corrected chi connectivity index (χ0v) is 18.6. The van der Waals surface area contributed by atoms with Crippen LogP contribution in [0.3, 0.4) is 0 Å². The van der Waals surface area contributed by atoms with Gasteiger partial charge < -0.3 is 10.2 Å². The smallest absolute Gasteiger partial charge is 0.283 e. The summed E-state index contributed by atoms with van der Waals surface area (Å²) in [5.74, 6) is 1.41. The summed E-state index contributed by atoms with van der Waals surface area (Å²) in [4.78, 5) is 22.8. The van der Waals surface area contributed by atoms with E-state index >= 15 is 0 Å². The second-order valence-corrected chi connectivity index (χ2v) is 9.75. The number of aromatic nitrogens is 3. The molecule has 3 aromatic heterocycles. The topological polar surface area (TPSA) is 62.5 Å². The molecule has 0 unspecified atom stereocenters. The van der Waals surface area contributed by atoms with Crippen molar-refractivity contribution in [2.45, 2.75) is 32.6 Å². The van der Waals surface area contributed by atoms with Gasteiger partial charge in [0.1, 0.15) is 4.83 Å². The van der Waals surface area contributed by atoms with E-state index in [9.17, 15) is 4.79 Å². The maximum absolute atomic E-state index is 13.6. The standard InChI is InChI=1S/C23H27N5OS/c1-14-9-10-17-18(13-14)30-22-19(17)23(29)28-21(25-22)16-8-5-4-7-15(16)20(26-28)24-11-6-12-27(2)3/h4-5,7-8,14H,6,9-13H2,1-3H3,(H,24,26)/t14-/m0/s1. The Bertz CT molecular complexity index is 1310. The third kappa shape index (κ3) is 3.26. The normalized spacial score (nSPS) is 16.6. The third-order valence-electron chi connectivity index (χ3n) is 6.01. The predicted molar refractivity (Wildman–Crippen MR) is 125 cm³/mol. The maximum atomic E-state index is 13.6. The van der Waals surface area contributed by atoms with E-state index in [4.69, 9.17) is 10.1 Å². The Hall–Kier alpha value is -2.51. The summed E-state index contributed by atoms with van der Waals surface area (Å²) < 4.78 is 1.52. The van der Waals surface area contributed by atoms with Gasteiger partial charge in [0.2, 0.25) is 0 Å². The van der Waals surface area contributed by atoms with Gasteiger partial charge in [-0.1, -0.05) is 31.2 Å². The highest BCUT2D eigenvalue weighted by Crippen LogP contribution is 2.36. The molecule has 4 aromatic rings. The van der Waals surface area contributed by atoms with Crippen LogP contribution >= 0.6 is 11.3 Å². The van der Waals surface area contributed by atoms with Gasteiger partial charge in [-0.05, 0) is 57.8 Å². The van der Waals surface area contributed by atoms with E-state index in [0.29, 0.717) is 11.6 Å². The van der Waals surface area contributed by atoms with Gasteiger partial charge in [-0.15, -0.1) is 16.4 Å². The lowest BCUT2D eigenvalue weighted by atomic mass is 9.89. The first-order valence-corrected chi connectivity index (χ1v) is 11.5. The van der Waals surface area contributed by atoms with Gasteiger partial charge in [-0.3, -0.25) is 4.79 Å². The van der Waals surface area contributed by atoms with Gasteiger partial charge in [0.05, 0.1) is 5.39 Å². The molecule has 0 radical (unpaired) electrons. The van der Waals surface area contributed by atoms with Crippen LogP contribution in [0.25, 0.3) is 26.6 Å².